The maximum atomic E-state index is 10.9. The number of hydrogen-bond acceptors (Lipinski definition) is 2. The molecule has 19 heavy (non-hydrogen) atoms. The molecule has 1 aromatic heterocycles. The minimum Gasteiger partial charge on any atom is -0.478 e. The minimum atomic E-state index is -0.869. The van der Waals surface area contributed by atoms with E-state index in [1.165, 1.54) is 22.5 Å². The van der Waals surface area contributed by atoms with Crippen LogP contribution in [0.4, 0.5) is 0 Å². The lowest BCUT2D eigenvalue weighted by molar-refractivity contribution is 0.0697. The highest BCUT2D eigenvalue weighted by Crippen LogP contribution is 2.32. The zero-order valence-electron chi connectivity index (χ0n) is 11.7. The lowest BCUT2D eigenvalue weighted by Gasteiger charge is -2.20. The van der Waals surface area contributed by atoms with Crippen LogP contribution in [0.25, 0.3) is 10.4 Å². The zero-order valence-corrected chi connectivity index (χ0v) is 12.5. The van der Waals surface area contributed by atoms with Gasteiger partial charge in [0, 0.05) is 10.3 Å². The van der Waals surface area contributed by atoms with E-state index in [9.17, 15) is 4.79 Å². The lowest BCUT2D eigenvalue weighted by atomic mass is 9.85. The SMILES string of the molecule is Cc1cc(C(C)(C)C)ccc1-c1cc(C(=O)O)cs1. The molecule has 0 radical (unpaired) electrons. The highest BCUT2D eigenvalue weighted by Gasteiger charge is 2.16. The van der Waals surface area contributed by atoms with E-state index >= 15 is 0 Å². The number of hydrogen-bond donors (Lipinski definition) is 1. The van der Waals surface area contributed by atoms with E-state index in [0.717, 1.165) is 10.4 Å². The summed E-state index contributed by atoms with van der Waals surface area (Å²) < 4.78 is 0. The maximum absolute atomic E-state index is 10.9. The van der Waals surface area contributed by atoms with Crippen molar-refractivity contribution in [2.24, 2.45) is 0 Å². The van der Waals surface area contributed by atoms with Crippen molar-refractivity contribution in [2.75, 3.05) is 0 Å². The summed E-state index contributed by atoms with van der Waals surface area (Å²) in [6, 6.07) is 8.15. The van der Waals surface area contributed by atoms with Crippen LogP contribution >= 0.6 is 11.3 Å². The molecule has 3 heteroatoms. The van der Waals surface area contributed by atoms with E-state index in [2.05, 4.69) is 45.9 Å². The van der Waals surface area contributed by atoms with Gasteiger partial charge in [-0.05, 0) is 35.1 Å². The number of thiophene rings is 1. The second kappa shape index (κ2) is 4.82. The molecule has 0 saturated heterocycles. The standard InChI is InChI=1S/C16H18O2S/c1-10-7-12(16(2,3)4)5-6-13(10)14-8-11(9-19-14)15(17)18/h5-9H,1-4H3,(H,17,18). The average molecular weight is 274 g/mol. The van der Waals surface area contributed by atoms with Crippen LogP contribution in [0.1, 0.15) is 42.3 Å². The molecule has 0 atom stereocenters. The van der Waals surface area contributed by atoms with Gasteiger partial charge < -0.3 is 5.11 Å². The molecule has 0 saturated carbocycles. The molecule has 0 fully saturated rings. The van der Waals surface area contributed by atoms with E-state index in [0.29, 0.717) is 5.56 Å². The number of carboxylic acids is 1. The molecule has 1 N–H and O–H groups in total. The first-order valence-electron chi connectivity index (χ1n) is 6.22. The molecule has 0 amide bonds. The van der Waals surface area contributed by atoms with Gasteiger partial charge in [-0.2, -0.15) is 0 Å². The summed E-state index contributed by atoms with van der Waals surface area (Å²) in [5.74, 6) is -0.869. The van der Waals surface area contributed by atoms with E-state index < -0.39 is 5.97 Å². The van der Waals surface area contributed by atoms with Crippen LogP contribution in [0.2, 0.25) is 0 Å². The summed E-state index contributed by atoms with van der Waals surface area (Å²) in [5.41, 5.74) is 4.09. The number of carboxylic acid groups (broad SMARTS) is 1. The molecule has 1 heterocycles. The molecule has 2 nitrogen and oxygen atoms in total. The maximum Gasteiger partial charge on any atom is 0.336 e. The van der Waals surface area contributed by atoms with Gasteiger partial charge in [-0.3, -0.25) is 0 Å². The van der Waals surface area contributed by atoms with E-state index in [1.807, 2.05) is 0 Å². The Bertz CT molecular complexity index is 618. The van der Waals surface area contributed by atoms with Crippen molar-refractivity contribution in [2.45, 2.75) is 33.1 Å². The molecule has 2 rings (SSSR count). The Morgan fingerprint density at radius 3 is 2.37 bits per heavy atom. The highest BCUT2D eigenvalue weighted by atomic mass is 32.1. The van der Waals surface area contributed by atoms with Gasteiger partial charge in [0.15, 0.2) is 0 Å². The Labute approximate surface area is 117 Å². The van der Waals surface area contributed by atoms with Crippen molar-refractivity contribution in [1.82, 2.24) is 0 Å². The Hall–Kier alpha value is -1.61. The van der Waals surface area contributed by atoms with Crippen LogP contribution < -0.4 is 0 Å². The minimum absolute atomic E-state index is 0.130. The van der Waals surface area contributed by atoms with Gasteiger partial charge in [0.25, 0.3) is 0 Å². The van der Waals surface area contributed by atoms with Crippen molar-refractivity contribution < 1.29 is 9.90 Å². The monoisotopic (exact) mass is 274 g/mol. The van der Waals surface area contributed by atoms with Crippen molar-refractivity contribution >= 4 is 17.3 Å². The Morgan fingerprint density at radius 1 is 1.21 bits per heavy atom. The summed E-state index contributed by atoms with van der Waals surface area (Å²) in [5, 5.41) is 10.7. The third kappa shape index (κ3) is 2.87. The first-order chi connectivity index (χ1) is 8.79. The second-order valence-electron chi connectivity index (χ2n) is 5.78. The van der Waals surface area contributed by atoms with Crippen LogP contribution in [0.15, 0.2) is 29.6 Å². The molecular formula is C16H18O2S. The van der Waals surface area contributed by atoms with Crippen LogP contribution in [-0.4, -0.2) is 11.1 Å². The highest BCUT2D eigenvalue weighted by molar-refractivity contribution is 7.13. The van der Waals surface area contributed by atoms with Gasteiger partial charge >= 0.3 is 5.97 Å². The van der Waals surface area contributed by atoms with E-state index in [4.69, 9.17) is 5.11 Å². The predicted octanol–water partition coefficient (Wildman–Crippen LogP) is 4.72. The molecule has 0 spiro atoms. The number of carbonyl (C=O) groups is 1. The second-order valence-corrected chi connectivity index (χ2v) is 6.70. The fourth-order valence-corrected chi connectivity index (χ4v) is 2.97. The van der Waals surface area contributed by atoms with Crippen LogP contribution in [0.5, 0.6) is 0 Å². The van der Waals surface area contributed by atoms with Crippen molar-refractivity contribution in [3.8, 4) is 10.4 Å². The lowest BCUT2D eigenvalue weighted by Crippen LogP contribution is -2.11. The number of rotatable bonds is 2. The molecule has 100 valence electrons. The van der Waals surface area contributed by atoms with Crippen LogP contribution in [0, 0.1) is 6.92 Å². The van der Waals surface area contributed by atoms with Crippen molar-refractivity contribution in [3.63, 3.8) is 0 Å². The van der Waals surface area contributed by atoms with Crippen molar-refractivity contribution in [1.29, 1.82) is 0 Å². The summed E-state index contributed by atoms with van der Waals surface area (Å²) in [7, 11) is 0. The first kappa shape index (κ1) is 13.8. The molecule has 2 aromatic rings. The van der Waals surface area contributed by atoms with E-state index in [-0.39, 0.29) is 5.41 Å². The fourth-order valence-electron chi connectivity index (χ4n) is 2.00. The van der Waals surface area contributed by atoms with Gasteiger partial charge in [0.05, 0.1) is 5.56 Å². The van der Waals surface area contributed by atoms with E-state index in [1.54, 1.807) is 11.4 Å². The van der Waals surface area contributed by atoms with Gasteiger partial charge in [0.1, 0.15) is 0 Å². The third-order valence-electron chi connectivity index (χ3n) is 3.20. The normalized spacial score (nSPS) is 11.6. The zero-order chi connectivity index (χ0) is 14.2. The quantitative estimate of drug-likeness (QED) is 0.860. The van der Waals surface area contributed by atoms with Gasteiger partial charge in [-0.15, -0.1) is 11.3 Å². The topological polar surface area (TPSA) is 37.3 Å². The molecule has 0 aliphatic heterocycles. The molecule has 0 aliphatic carbocycles. The predicted molar refractivity (Wildman–Crippen MR) is 80.2 cm³/mol. The first-order valence-corrected chi connectivity index (χ1v) is 7.10. The van der Waals surface area contributed by atoms with Gasteiger partial charge in [-0.25, -0.2) is 4.79 Å². The van der Waals surface area contributed by atoms with Crippen LogP contribution in [-0.2, 0) is 5.41 Å². The molecular weight excluding hydrogens is 256 g/mol. The smallest absolute Gasteiger partial charge is 0.336 e. The molecule has 0 aliphatic rings. The summed E-state index contributed by atoms with van der Waals surface area (Å²) >= 11 is 1.48. The van der Waals surface area contributed by atoms with Gasteiger partial charge in [0.2, 0.25) is 0 Å². The fraction of sp³-hybridized carbons (Fsp3) is 0.312. The Balaban J connectivity index is 2.43. The third-order valence-corrected chi connectivity index (χ3v) is 4.17. The molecule has 0 bridgehead atoms. The van der Waals surface area contributed by atoms with Gasteiger partial charge in [-0.1, -0.05) is 39.0 Å². The number of aromatic carboxylic acids is 1. The Kier molecular flexibility index (Phi) is 3.50. The molecule has 1 aromatic carbocycles. The summed E-state index contributed by atoms with van der Waals surface area (Å²) in [6.45, 7) is 8.64. The molecule has 0 unspecified atom stereocenters. The summed E-state index contributed by atoms with van der Waals surface area (Å²) in [4.78, 5) is 11.9. The summed E-state index contributed by atoms with van der Waals surface area (Å²) in [6.07, 6.45) is 0. The number of benzene rings is 1. The largest absolute Gasteiger partial charge is 0.478 e. The number of aryl methyl sites for hydroxylation is 1. The Morgan fingerprint density at radius 2 is 1.89 bits per heavy atom. The van der Waals surface area contributed by atoms with Crippen LogP contribution in [0.3, 0.4) is 0 Å². The average Bonchev–Trinajstić information content (AvgIpc) is 2.76. The van der Waals surface area contributed by atoms with Crippen molar-refractivity contribution in [3.05, 3.63) is 46.3 Å².